The standard InChI is InChI=1S/C28H36Cl2N4O3/c1-27(2,3)37-26(36)32-24(21-6-7-22(29)23(30)17-21)8-13-33-14-9-28(10-15-33)11-16-34(25(28)35)19-20-5-4-12-31-18-20/h4-7,12,17-18,24H,8-11,13-16,19H2,1-3H3,(H,32,36). The predicted molar refractivity (Wildman–Crippen MR) is 146 cm³/mol. The number of hydrogen-bond acceptors (Lipinski definition) is 5. The van der Waals surface area contributed by atoms with Gasteiger partial charge in [0.15, 0.2) is 0 Å². The van der Waals surface area contributed by atoms with E-state index in [1.54, 1.807) is 18.3 Å². The number of ether oxygens (including phenoxy) is 1. The molecule has 9 heteroatoms. The number of piperidine rings is 1. The van der Waals surface area contributed by atoms with Gasteiger partial charge in [-0.05, 0) is 88.9 Å². The number of amides is 2. The van der Waals surface area contributed by atoms with Gasteiger partial charge in [0.1, 0.15) is 5.60 Å². The van der Waals surface area contributed by atoms with Gasteiger partial charge in [-0.2, -0.15) is 0 Å². The zero-order valence-corrected chi connectivity index (χ0v) is 23.3. The second kappa shape index (κ2) is 11.6. The number of alkyl carbamates (subject to hydrolysis) is 1. The third-order valence-corrected chi connectivity index (χ3v) is 8.02. The fourth-order valence-electron chi connectivity index (χ4n) is 5.24. The van der Waals surface area contributed by atoms with Crippen molar-refractivity contribution in [3.05, 3.63) is 63.9 Å². The highest BCUT2D eigenvalue weighted by molar-refractivity contribution is 6.42. The molecule has 0 saturated carbocycles. The molecule has 200 valence electrons. The van der Waals surface area contributed by atoms with E-state index in [1.807, 2.05) is 50.1 Å². The summed E-state index contributed by atoms with van der Waals surface area (Å²) in [6.07, 6.45) is 6.42. The Labute approximate surface area is 229 Å². The predicted octanol–water partition coefficient (Wildman–Crippen LogP) is 5.86. The molecule has 1 N–H and O–H groups in total. The van der Waals surface area contributed by atoms with E-state index in [-0.39, 0.29) is 17.4 Å². The Morgan fingerprint density at radius 3 is 2.51 bits per heavy atom. The minimum Gasteiger partial charge on any atom is -0.444 e. The van der Waals surface area contributed by atoms with E-state index in [4.69, 9.17) is 27.9 Å². The highest BCUT2D eigenvalue weighted by atomic mass is 35.5. The molecule has 4 rings (SSSR count). The Morgan fingerprint density at radius 2 is 1.86 bits per heavy atom. The summed E-state index contributed by atoms with van der Waals surface area (Å²) in [5.41, 5.74) is 1.10. The number of nitrogens with one attached hydrogen (secondary N) is 1. The number of halogens is 2. The molecule has 37 heavy (non-hydrogen) atoms. The van der Waals surface area contributed by atoms with Crippen LogP contribution in [0.4, 0.5) is 4.79 Å². The summed E-state index contributed by atoms with van der Waals surface area (Å²) in [4.78, 5) is 34.4. The average molecular weight is 548 g/mol. The van der Waals surface area contributed by atoms with Crippen molar-refractivity contribution in [2.75, 3.05) is 26.2 Å². The Kier molecular flexibility index (Phi) is 8.66. The van der Waals surface area contributed by atoms with Crippen LogP contribution in [0.5, 0.6) is 0 Å². The summed E-state index contributed by atoms with van der Waals surface area (Å²) >= 11 is 12.4. The van der Waals surface area contributed by atoms with E-state index in [0.717, 1.165) is 56.6 Å². The van der Waals surface area contributed by atoms with Gasteiger partial charge in [-0.15, -0.1) is 0 Å². The Hall–Kier alpha value is -2.35. The molecular weight excluding hydrogens is 511 g/mol. The molecular formula is C28H36Cl2N4O3. The lowest BCUT2D eigenvalue weighted by Gasteiger charge is -2.38. The molecule has 1 atom stereocenters. The zero-order valence-electron chi connectivity index (χ0n) is 21.8. The summed E-state index contributed by atoms with van der Waals surface area (Å²) in [6.45, 7) is 9.43. The molecule has 2 fully saturated rings. The van der Waals surface area contributed by atoms with Gasteiger partial charge in [-0.25, -0.2) is 4.79 Å². The second-order valence-corrected chi connectivity index (χ2v) is 11.9. The van der Waals surface area contributed by atoms with Crippen molar-refractivity contribution in [1.29, 1.82) is 0 Å². The molecule has 2 saturated heterocycles. The van der Waals surface area contributed by atoms with Crippen LogP contribution in [0.1, 0.15) is 63.6 Å². The maximum atomic E-state index is 13.3. The Bertz CT molecular complexity index is 1100. The molecule has 1 unspecified atom stereocenters. The number of aromatic nitrogens is 1. The molecule has 3 heterocycles. The van der Waals surface area contributed by atoms with Gasteiger partial charge < -0.3 is 19.9 Å². The van der Waals surface area contributed by atoms with Crippen molar-refractivity contribution < 1.29 is 14.3 Å². The highest BCUT2D eigenvalue weighted by Crippen LogP contribution is 2.42. The van der Waals surface area contributed by atoms with Crippen LogP contribution in [0.3, 0.4) is 0 Å². The minimum atomic E-state index is -0.591. The van der Waals surface area contributed by atoms with Crippen LogP contribution in [0, 0.1) is 5.41 Å². The largest absolute Gasteiger partial charge is 0.444 e. The molecule has 1 aromatic carbocycles. The summed E-state index contributed by atoms with van der Waals surface area (Å²) in [6, 6.07) is 9.08. The van der Waals surface area contributed by atoms with Gasteiger partial charge in [-0.3, -0.25) is 9.78 Å². The number of hydrogen-bond donors (Lipinski definition) is 1. The number of carbonyl (C=O) groups is 2. The third-order valence-electron chi connectivity index (χ3n) is 7.28. The number of nitrogens with zero attached hydrogens (tertiary/aromatic N) is 3. The van der Waals surface area contributed by atoms with Gasteiger partial charge >= 0.3 is 6.09 Å². The molecule has 2 amide bonds. The maximum Gasteiger partial charge on any atom is 0.408 e. The first kappa shape index (κ1) is 27.7. The average Bonchev–Trinajstić information content (AvgIpc) is 3.14. The normalized spacial score (nSPS) is 18.7. The van der Waals surface area contributed by atoms with Crippen molar-refractivity contribution in [3.8, 4) is 0 Å². The monoisotopic (exact) mass is 546 g/mol. The van der Waals surface area contributed by atoms with E-state index in [0.29, 0.717) is 23.0 Å². The summed E-state index contributed by atoms with van der Waals surface area (Å²) in [5, 5.41) is 3.93. The fourth-order valence-corrected chi connectivity index (χ4v) is 5.54. The van der Waals surface area contributed by atoms with Gasteiger partial charge in [-0.1, -0.05) is 35.3 Å². The number of pyridine rings is 1. The molecule has 2 aromatic rings. The number of carbonyl (C=O) groups excluding carboxylic acids is 2. The van der Waals surface area contributed by atoms with Crippen molar-refractivity contribution in [2.24, 2.45) is 5.41 Å². The molecule has 0 radical (unpaired) electrons. The number of benzene rings is 1. The molecule has 1 spiro atoms. The van der Waals surface area contributed by atoms with Gasteiger partial charge in [0, 0.05) is 32.0 Å². The first-order chi connectivity index (χ1) is 17.5. The van der Waals surface area contributed by atoms with Crippen LogP contribution in [-0.2, 0) is 16.1 Å². The SMILES string of the molecule is CC(C)(C)OC(=O)NC(CCN1CCC2(CC1)CCN(Cc1cccnc1)C2=O)c1ccc(Cl)c(Cl)c1. The highest BCUT2D eigenvalue weighted by Gasteiger charge is 2.47. The summed E-state index contributed by atoms with van der Waals surface area (Å²) in [5.74, 6) is 0.274. The quantitative estimate of drug-likeness (QED) is 0.470. The molecule has 2 aliphatic rings. The molecule has 0 aliphatic carbocycles. The lowest BCUT2D eigenvalue weighted by molar-refractivity contribution is -0.138. The van der Waals surface area contributed by atoms with Crippen LogP contribution in [-0.4, -0.2) is 58.6 Å². The smallest absolute Gasteiger partial charge is 0.408 e. The fraction of sp³-hybridized carbons (Fsp3) is 0.536. The van der Waals surface area contributed by atoms with Crippen molar-refractivity contribution in [2.45, 2.75) is 64.6 Å². The first-order valence-electron chi connectivity index (χ1n) is 12.9. The minimum absolute atomic E-state index is 0.253. The molecule has 0 bridgehead atoms. The van der Waals surface area contributed by atoms with Crippen LogP contribution < -0.4 is 5.32 Å². The van der Waals surface area contributed by atoms with Crippen LogP contribution in [0.25, 0.3) is 0 Å². The van der Waals surface area contributed by atoms with Crippen LogP contribution in [0.2, 0.25) is 10.0 Å². The van der Waals surface area contributed by atoms with Crippen molar-refractivity contribution >= 4 is 35.2 Å². The van der Waals surface area contributed by atoms with Crippen LogP contribution in [0.15, 0.2) is 42.7 Å². The first-order valence-corrected chi connectivity index (χ1v) is 13.7. The van der Waals surface area contributed by atoms with Crippen molar-refractivity contribution in [3.63, 3.8) is 0 Å². The Morgan fingerprint density at radius 1 is 1.14 bits per heavy atom. The topological polar surface area (TPSA) is 74.8 Å². The zero-order chi connectivity index (χ0) is 26.6. The van der Waals surface area contributed by atoms with Crippen LogP contribution >= 0.6 is 23.2 Å². The van der Waals surface area contributed by atoms with E-state index < -0.39 is 11.7 Å². The lowest BCUT2D eigenvalue weighted by atomic mass is 9.77. The van der Waals surface area contributed by atoms with E-state index in [2.05, 4.69) is 15.2 Å². The number of rotatable bonds is 7. The van der Waals surface area contributed by atoms with E-state index >= 15 is 0 Å². The Balaban J connectivity index is 1.34. The van der Waals surface area contributed by atoms with Gasteiger partial charge in [0.2, 0.25) is 5.91 Å². The molecule has 1 aromatic heterocycles. The van der Waals surface area contributed by atoms with Crippen molar-refractivity contribution in [1.82, 2.24) is 20.1 Å². The second-order valence-electron chi connectivity index (χ2n) is 11.1. The van der Waals surface area contributed by atoms with E-state index in [1.165, 1.54) is 0 Å². The lowest BCUT2D eigenvalue weighted by Crippen LogP contribution is -2.45. The number of likely N-dealkylation sites (tertiary alicyclic amines) is 2. The summed E-state index contributed by atoms with van der Waals surface area (Å²) in [7, 11) is 0. The maximum absolute atomic E-state index is 13.3. The molecule has 7 nitrogen and oxygen atoms in total. The summed E-state index contributed by atoms with van der Waals surface area (Å²) < 4.78 is 5.49. The van der Waals surface area contributed by atoms with Gasteiger partial charge in [0.05, 0.1) is 21.5 Å². The third kappa shape index (κ3) is 7.15. The van der Waals surface area contributed by atoms with E-state index in [9.17, 15) is 9.59 Å². The molecule has 2 aliphatic heterocycles. The van der Waals surface area contributed by atoms with Gasteiger partial charge in [0.25, 0.3) is 0 Å².